The van der Waals surface area contributed by atoms with E-state index in [9.17, 15) is 0 Å². The average molecular weight is 577 g/mol. The lowest BCUT2D eigenvalue weighted by Crippen LogP contribution is -2.47. The number of fused-ring (bicyclic) bond motifs is 5. The van der Waals surface area contributed by atoms with Gasteiger partial charge in [0.2, 0.25) is 0 Å². The van der Waals surface area contributed by atoms with E-state index < -0.39 is 0 Å². The number of benzene rings is 1. The Morgan fingerprint density at radius 3 is 2.50 bits per heavy atom. The zero-order valence-electron chi connectivity index (χ0n) is 25.8. The second-order valence-corrected chi connectivity index (χ2v) is 14.0. The molecule has 2 heteroatoms. The molecule has 1 aromatic carbocycles. The van der Waals surface area contributed by atoms with Crippen molar-refractivity contribution in [2.45, 2.75) is 82.3 Å². The van der Waals surface area contributed by atoms with Crippen molar-refractivity contribution in [1.29, 1.82) is 0 Å². The summed E-state index contributed by atoms with van der Waals surface area (Å²) < 4.78 is 0. The molecule has 0 saturated carbocycles. The molecule has 9 rings (SSSR count). The molecule has 222 valence electrons. The predicted molar refractivity (Wildman–Crippen MR) is 182 cm³/mol. The highest BCUT2D eigenvalue weighted by molar-refractivity contribution is 5.69. The van der Waals surface area contributed by atoms with E-state index in [1.165, 1.54) is 56.1 Å². The molecular formula is C42H44N2. The van der Waals surface area contributed by atoms with Crippen molar-refractivity contribution in [3.8, 4) is 0 Å². The van der Waals surface area contributed by atoms with Crippen molar-refractivity contribution in [1.82, 2.24) is 9.80 Å². The van der Waals surface area contributed by atoms with Crippen molar-refractivity contribution >= 4 is 5.57 Å². The van der Waals surface area contributed by atoms with E-state index in [0.29, 0.717) is 30.0 Å². The Balaban J connectivity index is 1.12. The third-order valence-corrected chi connectivity index (χ3v) is 11.7. The van der Waals surface area contributed by atoms with Crippen LogP contribution in [0.2, 0.25) is 0 Å². The smallest absolute Gasteiger partial charge is 0.0804 e. The van der Waals surface area contributed by atoms with Crippen molar-refractivity contribution in [2.75, 3.05) is 0 Å². The molecular weight excluding hydrogens is 532 g/mol. The largest absolute Gasteiger partial charge is 0.358 e. The van der Waals surface area contributed by atoms with Crippen LogP contribution in [0.5, 0.6) is 0 Å². The molecule has 2 nitrogen and oxygen atoms in total. The summed E-state index contributed by atoms with van der Waals surface area (Å²) in [4.78, 5) is 5.80. The first-order chi connectivity index (χ1) is 21.8. The molecule has 6 aliphatic carbocycles. The second kappa shape index (κ2) is 11.0. The van der Waals surface area contributed by atoms with Crippen LogP contribution in [-0.2, 0) is 0 Å². The lowest BCUT2D eigenvalue weighted by molar-refractivity contribution is 0.186. The standard InChI is InChI=1S/C42H44N2/c1-3-12-29(13-4-1)31-22-24-33(25-23-31)43-39-20-9-7-18-35(39)37-26-27-38-36-19-8-10-21-40(36)44(42(38)41(37)43)34-17-11-16-32(28-34)30-14-5-2-6-15-30/h1-3,5-8,11,14-19,22,24,26-27,29,34-35,38-39,42H,4,9-10,12-13,20-21,23,25,28H2. The highest BCUT2D eigenvalue weighted by Crippen LogP contribution is 2.55. The van der Waals surface area contributed by atoms with Gasteiger partial charge in [-0.1, -0.05) is 109 Å². The van der Waals surface area contributed by atoms with Crippen LogP contribution in [0.4, 0.5) is 0 Å². The summed E-state index contributed by atoms with van der Waals surface area (Å²) >= 11 is 0. The zero-order valence-corrected chi connectivity index (χ0v) is 25.8. The molecule has 0 fully saturated rings. The molecule has 0 aromatic heterocycles. The van der Waals surface area contributed by atoms with E-state index in [4.69, 9.17) is 0 Å². The Morgan fingerprint density at radius 1 is 0.705 bits per heavy atom. The van der Waals surface area contributed by atoms with Crippen molar-refractivity contribution in [2.24, 2.45) is 17.8 Å². The van der Waals surface area contributed by atoms with E-state index in [1.807, 2.05) is 0 Å². The van der Waals surface area contributed by atoms with Gasteiger partial charge in [0, 0.05) is 35.0 Å². The van der Waals surface area contributed by atoms with Gasteiger partial charge in [0.1, 0.15) is 0 Å². The van der Waals surface area contributed by atoms with E-state index >= 15 is 0 Å². The van der Waals surface area contributed by atoms with Crippen LogP contribution in [0.15, 0.2) is 143 Å². The second-order valence-electron chi connectivity index (χ2n) is 14.0. The van der Waals surface area contributed by atoms with Gasteiger partial charge in [0.05, 0.1) is 12.1 Å². The summed E-state index contributed by atoms with van der Waals surface area (Å²) in [5.41, 5.74) is 12.5. The van der Waals surface area contributed by atoms with Gasteiger partial charge in [-0.15, -0.1) is 0 Å². The van der Waals surface area contributed by atoms with Gasteiger partial charge in [-0.25, -0.2) is 0 Å². The first-order valence-corrected chi connectivity index (χ1v) is 17.4. The minimum Gasteiger partial charge on any atom is -0.358 e. The van der Waals surface area contributed by atoms with Crippen molar-refractivity contribution < 1.29 is 0 Å². The fraction of sp³-hybridized carbons (Fsp3) is 0.381. The zero-order chi connectivity index (χ0) is 29.0. The summed E-state index contributed by atoms with van der Waals surface area (Å²) in [6.45, 7) is 0. The summed E-state index contributed by atoms with van der Waals surface area (Å²) in [7, 11) is 0. The van der Waals surface area contributed by atoms with E-state index in [0.717, 1.165) is 25.2 Å². The number of nitrogens with zero attached hydrogens (tertiary/aromatic N) is 2. The number of allylic oxidation sites excluding steroid dienone is 13. The predicted octanol–water partition coefficient (Wildman–Crippen LogP) is 9.74. The summed E-state index contributed by atoms with van der Waals surface area (Å²) in [6.07, 6.45) is 44.1. The van der Waals surface area contributed by atoms with Gasteiger partial charge in [0.15, 0.2) is 0 Å². The van der Waals surface area contributed by atoms with Gasteiger partial charge in [-0.2, -0.15) is 0 Å². The SMILES string of the molecule is C1=CC(N2C3=C(C=CCC3)C3C=CC4=C(C32)N(C2=CC=C(C3CC=CCC3)CC2)C2CCC=CC42)CC(c2ccccc2)=C1. The molecule has 6 atom stereocenters. The molecule has 8 aliphatic rings. The fourth-order valence-electron chi connectivity index (χ4n) is 9.70. The average Bonchev–Trinajstić information content (AvgIpc) is 3.62. The molecule has 6 unspecified atom stereocenters. The quantitative estimate of drug-likeness (QED) is 0.329. The van der Waals surface area contributed by atoms with Gasteiger partial charge in [-0.05, 0) is 98.5 Å². The van der Waals surface area contributed by atoms with Gasteiger partial charge >= 0.3 is 0 Å². The highest BCUT2D eigenvalue weighted by atomic mass is 15.3. The number of hydrogen-bond donors (Lipinski definition) is 0. The molecule has 0 N–H and O–H groups in total. The molecule has 44 heavy (non-hydrogen) atoms. The molecule has 0 bridgehead atoms. The number of rotatable bonds is 4. The highest BCUT2D eigenvalue weighted by Gasteiger charge is 2.52. The van der Waals surface area contributed by atoms with Gasteiger partial charge in [-0.3, -0.25) is 0 Å². The molecule has 2 aliphatic heterocycles. The summed E-state index contributed by atoms with van der Waals surface area (Å²) in [6, 6.07) is 12.3. The van der Waals surface area contributed by atoms with Gasteiger partial charge in [0.25, 0.3) is 0 Å². The van der Waals surface area contributed by atoms with Crippen LogP contribution in [-0.4, -0.2) is 27.9 Å². The van der Waals surface area contributed by atoms with Crippen LogP contribution < -0.4 is 0 Å². The first kappa shape index (κ1) is 26.6. The van der Waals surface area contributed by atoms with Crippen LogP contribution in [0.3, 0.4) is 0 Å². The molecule has 0 radical (unpaired) electrons. The maximum Gasteiger partial charge on any atom is 0.0804 e. The van der Waals surface area contributed by atoms with Crippen LogP contribution in [0, 0.1) is 17.8 Å². The topological polar surface area (TPSA) is 6.48 Å². The fourth-order valence-corrected chi connectivity index (χ4v) is 9.70. The first-order valence-electron chi connectivity index (χ1n) is 17.4. The third-order valence-electron chi connectivity index (χ3n) is 11.7. The summed E-state index contributed by atoms with van der Waals surface area (Å²) in [5, 5.41) is 0. The Bertz CT molecular complexity index is 1650. The van der Waals surface area contributed by atoms with Crippen LogP contribution in [0.25, 0.3) is 5.57 Å². The number of hydrogen-bond acceptors (Lipinski definition) is 2. The molecule has 0 saturated heterocycles. The van der Waals surface area contributed by atoms with Gasteiger partial charge < -0.3 is 9.80 Å². The van der Waals surface area contributed by atoms with Crippen molar-refractivity contribution in [3.05, 3.63) is 149 Å². The minimum atomic E-state index is 0.362. The molecule has 1 aromatic rings. The lowest BCUT2D eigenvalue weighted by atomic mass is 9.80. The molecule has 2 heterocycles. The molecule has 0 spiro atoms. The Morgan fingerprint density at radius 2 is 1.64 bits per heavy atom. The Labute approximate surface area is 263 Å². The van der Waals surface area contributed by atoms with Crippen LogP contribution >= 0.6 is 0 Å². The Kier molecular flexibility index (Phi) is 6.64. The lowest BCUT2D eigenvalue weighted by Gasteiger charge is -2.45. The van der Waals surface area contributed by atoms with Crippen LogP contribution in [0.1, 0.15) is 69.8 Å². The Hall–Kier alpha value is -3.78. The molecule has 0 amide bonds. The maximum atomic E-state index is 2.90. The monoisotopic (exact) mass is 576 g/mol. The van der Waals surface area contributed by atoms with E-state index in [-0.39, 0.29) is 0 Å². The minimum absolute atomic E-state index is 0.362. The normalized spacial score (nSPS) is 33.6. The summed E-state index contributed by atoms with van der Waals surface area (Å²) in [5.74, 6) is 1.68. The maximum absolute atomic E-state index is 2.90. The van der Waals surface area contributed by atoms with Crippen molar-refractivity contribution in [3.63, 3.8) is 0 Å². The van der Waals surface area contributed by atoms with E-state index in [1.54, 1.807) is 33.8 Å². The third kappa shape index (κ3) is 4.28. The van der Waals surface area contributed by atoms with E-state index in [2.05, 4.69) is 119 Å².